The summed E-state index contributed by atoms with van der Waals surface area (Å²) < 4.78 is 20.0. The number of halogens is 1. The Morgan fingerprint density at radius 3 is 2.76 bits per heavy atom. The molecule has 0 radical (unpaired) electrons. The van der Waals surface area contributed by atoms with Crippen LogP contribution in [0.4, 0.5) is 4.39 Å². The van der Waals surface area contributed by atoms with E-state index in [0.717, 1.165) is 44.8 Å². The molecule has 2 aromatic rings. The molecule has 1 aromatic heterocycles. The molecule has 0 unspecified atom stereocenters. The number of benzene rings is 1. The maximum Gasteiger partial charge on any atom is 0.127 e. The molecule has 5 heteroatoms. The highest BCUT2D eigenvalue weighted by atomic mass is 19.1. The number of hydrogen-bond acceptors (Lipinski definition) is 4. The summed E-state index contributed by atoms with van der Waals surface area (Å²) in [5.74, 6) is -0.113. The Morgan fingerprint density at radius 2 is 1.92 bits per heavy atom. The van der Waals surface area contributed by atoms with Gasteiger partial charge in [0, 0.05) is 56.7 Å². The minimum Gasteiger partial charge on any atom is -0.375 e. The maximum absolute atomic E-state index is 14.0. The van der Waals surface area contributed by atoms with Gasteiger partial charge in [0.05, 0.1) is 12.7 Å². The number of morpholine rings is 1. The Morgan fingerprint density at radius 1 is 1.08 bits per heavy atom. The average molecular weight is 341 g/mol. The number of nitrogens with zero attached hydrogens (tertiary/aromatic N) is 3. The van der Waals surface area contributed by atoms with Crippen molar-refractivity contribution >= 4 is 0 Å². The van der Waals surface area contributed by atoms with Gasteiger partial charge in [0.15, 0.2) is 0 Å². The first kappa shape index (κ1) is 16.6. The number of fused-ring (bicyclic) bond motifs is 1. The molecular weight excluding hydrogens is 317 g/mol. The van der Waals surface area contributed by atoms with Gasteiger partial charge in [0.25, 0.3) is 0 Å². The van der Waals surface area contributed by atoms with Crippen molar-refractivity contribution in [1.82, 2.24) is 14.8 Å². The van der Waals surface area contributed by atoms with Gasteiger partial charge in [0.1, 0.15) is 5.82 Å². The summed E-state index contributed by atoms with van der Waals surface area (Å²) in [6.07, 6.45) is 4.98. The van der Waals surface area contributed by atoms with Crippen molar-refractivity contribution in [2.24, 2.45) is 0 Å². The molecule has 4 rings (SSSR count). The Hall–Kier alpha value is -1.82. The van der Waals surface area contributed by atoms with Crippen molar-refractivity contribution in [2.75, 3.05) is 26.2 Å². The first-order chi connectivity index (χ1) is 12.3. The Labute approximate surface area is 148 Å². The van der Waals surface area contributed by atoms with E-state index in [1.165, 1.54) is 5.56 Å². The van der Waals surface area contributed by atoms with Gasteiger partial charge in [-0.3, -0.25) is 14.8 Å². The summed E-state index contributed by atoms with van der Waals surface area (Å²) in [5.41, 5.74) is 2.06. The largest absolute Gasteiger partial charge is 0.375 e. The van der Waals surface area contributed by atoms with E-state index in [9.17, 15) is 4.39 Å². The van der Waals surface area contributed by atoms with Crippen LogP contribution in [0.15, 0.2) is 48.8 Å². The average Bonchev–Trinajstić information content (AvgIpc) is 2.65. The molecule has 0 amide bonds. The van der Waals surface area contributed by atoms with Crippen molar-refractivity contribution in [2.45, 2.75) is 31.7 Å². The van der Waals surface area contributed by atoms with Crippen LogP contribution in [0.3, 0.4) is 0 Å². The molecule has 3 heterocycles. The lowest BCUT2D eigenvalue weighted by Gasteiger charge is -2.47. The molecule has 0 saturated carbocycles. The highest BCUT2D eigenvalue weighted by molar-refractivity contribution is 5.17. The fourth-order valence-electron chi connectivity index (χ4n) is 3.94. The monoisotopic (exact) mass is 341 g/mol. The van der Waals surface area contributed by atoms with Crippen LogP contribution in [0.2, 0.25) is 0 Å². The minimum absolute atomic E-state index is 0.113. The van der Waals surface area contributed by atoms with Crippen molar-refractivity contribution in [1.29, 1.82) is 0 Å². The van der Waals surface area contributed by atoms with E-state index < -0.39 is 0 Å². The summed E-state index contributed by atoms with van der Waals surface area (Å²) in [5, 5.41) is 0. The summed E-state index contributed by atoms with van der Waals surface area (Å²) >= 11 is 0. The van der Waals surface area contributed by atoms with Crippen LogP contribution in [0, 0.1) is 5.82 Å². The number of hydrogen-bond donors (Lipinski definition) is 0. The molecule has 0 N–H and O–H groups in total. The van der Waals surface area contributed by atoms with E-state index in [0.29, 0.717) is 12.6 Å². The zero-order valence-corrected chi connectivity index (χ0v) is 14.4. The van der Waals surface area contributed by atoms with Crippen molar-refractivity contribution in [3.8, 4) is 0 Å². The minimum atomic E-state index is -0.113. The summed E-state index contributed by atoms with van der Waals surface area (Å²) in [6.45, 7) is 5.19. The van der Waals surface area contributed by atoms with Gasteiger partial charge in [0.2, 0.25) is 0 Å². The number of likely N-dealkylation sites (tertiary alicyclic amines) is 1. The molecule has 1 aromatic carbocycles. The quantitative estimate of drug-likeness (QED) is 0.855. The fourth-order valence-corrected chi connectivity index (χ4v) is 3.94. The molecule has 2 atom stereocenters. The van der Waals surface area contributed by atoms with Crippen LogP contribution in [-0.4, -0.2) is 53.2 Å². The van der Waals surface area contributed by atoms with Crippen LogP contribution in [0.5, 0.6) is 0 Å². The lowest BCUT2D eigenvalue weighted by atomic mass is 9.97. The topological polar surface area (TPSA) is 28.6 Å². The zero-order valence-electron chi connectivity index (χ0n) is 14.4. The standard InChI is InChI=1S/C20H24FN3O/c21-18-4-2-1-3-17(18)14-23-10-7-20-19(15-23)24(11-12-25-20)13-16-5-8-22-9-6-16/h1-6,8-9,19-20H,7,10-15H2/t19-,20-/m1/s1. The second-order valence-corrected chi connectivity index (χ2v) is 6.92. The third-order valence-corrected chi connectivity index (χ3v) is 5.27. The third-order valence-electron chi connectivity index (χ3n) is 5.27. The van der Waals surface area contributed by atoms with E-state index in [1.54, 1.807) is 12.1 Å². The first-order valence-electron chi connectivity index (χ1n) is 9.00. The summed E-state index contributed by atoms with van der Waals surface area (Å²) in [6, 6.07) is 11.6. The molecule has 2 fully saturated rings. The lowest BCUT2D eigenvalue weighted by molar-refractivity contribution is -0.107. The van der Waals surface area contributed by atoms with E-state index in [4.69, 9.17) is 4.74 Å². The number of rotatable bonds is 4. The molecule has 132 valence electrons. The number of ether oxygens (including phenoxy) is 1. The van der Waals surface area contributed by atoms with Crippen LogP contribution in [0.25, 0.3) is 0 Å². The Balaban J connectivity index is 1.45. The van der Waals surface area contributed by atoms with Crippen LogP contribution >= 0.6 is 0 Å². The van der Waals surface area contributed by atoms with Gasteiger partial charge in [-0.2, -0.15) is 0 Å². The number of aromatic nitrogens is 1. The number of pyridine rings is 1. The van der Waals surface area contributed by atoms with Gasteiger partial charge in [-0.05, 0) is 30.2 Å². The molecule has 4 nitrogen and oxygen atoms in total. The Bertz CT molecular complexity index is 696. The van der Waals surface area contributed by atoms with Crippen LogP contribution < -0.4 is 0 Å². The molecule has 0 bridgehead atoms. The lowest BCUT2D eigenvalue weighted by Crippen LogP contribution is -2.59. The maximum atomic E-state index is 14.0. The molecular formula is C20H24FN3O. The summed E-state index contributed by atoms with van der Waals surface area (Å²) in [4.78, 5) is 8.97. The first-order valence-corrected chi connectivity index (χ1v) is 9.00. The third kappa shape index (κ3) is 3.89. The van der Waals surface area contributed by atoms with Gasteiger partial charge >= 0.3 is 0 Å². The van der Waals surface area contributed by atoms with Crippen molar-refractivity contribution in [3.05, 3.63) is 65.7 Å². The number of piperidine rings is 1. The van der Waals surface area contributed by atoms with E-state index in [-0.39, 0.29) is 11.9 Å². The highest BCUT2D eigenvalue weighted by Gasteiger charge is 2.37. The molecule has 2 aliphatic heterocycles. The van der Waals surface area contributed by atoms with Crippen molar-refractivity contribution in [3.63, 3.8) is 0 Å². The zero-order chi connectivity index (χ0) is 17.1. The highest BCUT2D eigenvalue weighted by Crippen LogP contribution is 2.26. The van der Waals surface area contributed by atoms with E-state index in [2.05, 4.69) is 26.9 Å². The molecule has 25 heavy (non-hydrogen) atoms. The van der Waals surface area contributed by atoms with Crippen LogP contribution in [0.1, 0.15) is 17.5 Å². The molecule has 0 aliphatic carbocycles. The molecule has 2 aliphatic rings. The van der Waals surface area contributed by atoms with E-state index in [1.807, 2.05) is 24.5 Å². The van der Waals surface area contributed by atoms with Crippen molar-refractivity contribution < 1.29 is 9.13 Å². The predicted molar refractivity (Wildman–Crippen MR) is 94.5 cm³/mol. The van der Waals surface area contributed by atoms with Crippen LogP contribution in [-0.2, 0) is 17.8 Å². The van der Waals surface area contributed by atoms with Gasteiger partial charge in [-0.15, -0.1) is 0 Å². The second-order valence-electron chi connectivity index (χ2n) is 6.92. The van der Waals surface area contributed by atoms with E-state index >= 15 is 0 Å². The van der Waals surface area contributed by atoms with Gasteiger partial charge < -0.3 is 4.74 Å². The smallest absolute Gasteiger partial charge is 0.127 e. The second kappa shape index (κ2) is 7.60. The SMILES string of the molecule is Fc1ccccc1CN1CC[C@H]2OCCN(Cc3ccncc3)[C@@H]2C1. The molecule has 0 spiro atoms. The fraction of sp³-hybridized carbons (Fsp3) is 0.450. The van der Waals surface area contributed by atoms with Gasteiger partial charge in [-0.25, -0.2) is 4.39 Å². The predicted octanol–water partition coefficient (Wildman–Crippen LogP) is 2.70. The Kier molecular flexibility index (Phi) is 5.06. The van der Waals surface area contributed by atoms with Gasteiger partial charge in [-0.1, -0.05) is 18.2 Å². The normalized spacial score (nSPS) is 24.8. The molecule has 2 saturated heterocycles. The summed E-state index contributed by atoms with van der Waals surface area (Å²) in [7, 11) is 0.